The average molecular weight is 204 g/mol. The summed E-state index contributed by atoms with van der Waals surface area (Å²) in [5, 5.41) is 12.9. The Hall–Kier alpha value is -1.46. The topological polar surface area (TPSA) is 87.7 Å². The van der Waals surface area contributed by atoms with E-state index in [-0.39, 0.29) is 0 Å². The Bertz CT molecular complexity index is 184. The summed E-state index contributed by atoms with van der Waals surface area (Å²) in [5.74, 6) is 0. The molecular formula is C8H16N2O4. The minimum atomic E-state index is -1.06. The highest BCUT2D eigenvalue weighted by atomic mass is 16.5. The third-order valence-electron chi connectivity index (χ3n) is 1.34. The summed E-state index contributed by atoms with van der Waals surface area (Å²) < 4.78 is 4.73. The molecule has 0 unspecified atom stereocenters. The van der Waals surface area contributed by atoms with Crippen LogP contribution in [0.1, 0.15) is 19.8 Å². The number of carboxylic acid groups (broad SMARTS) is 1. The lowest BCUT2D eigenvalue weighted by atomic mass is 10.4. The third-order valence-corrected chi connectivity index (χ3v) is 1.34. The second-order valence-corrected chi connectivity index (χ2v) is 2.65. The fourth-order valence-electron chi connectivity index (χ4n) is 0.720. The molecule has 14 heavy (non-hydrogen) atoms. The number of alkyl carbamates (subject to hydrolysis) is 1. The maximum atomic E-state index is 10.8. The smallest absolute Gasteiger partial charge is 0.407 e. The van der Waals surface area contributed by atoms with Crippen LogP contribution in [-0.4, -0.2) is 37.0 Å². The van der Waals surface area contributed by atoms with Crippen molar-refractivity contribution in [3.8, 4) is 0 Å². The van der Waals surface area contributed by atoms with Gasteiger partial charge in [-0.2, -0.15) is 0 Å². The predicted octanol–water partition coefficient (Wildman–Crippen LogP) is 0.780. The Morgan fingerprint density at radius 2 is 1.93 bits per heavy atom. The highest BCUT2D eigenvalue weighted by Gasteiger charge is 1.99. The predicted molar refractivity (Wildman–Crippen MR) is 50.3 cm³/mol. The molecule has 0 fully saturated rings. The largest absolute Gasteiger partial charge is 0.465 e. The quantitative estimate of drug-likeness (QED) is 0.558. The molecule has 0 atom stereocenters. The van der Waals surface area contributed by atoms with Crippen molar-refractivity contribution in [1.82, 2.24) is 10.6 Å². The second-order valence-electron chi connectivity index (χ2n) is 2.65. The van der Waals surface area contributed by atoms with E-state index in [0.29, 0.717) is 26.1 Å². The second kappa shape index (κ2) is 8.15. The van der Waals surface area contributed by atoms with Crippen molar-refractivity contribution in [3.05, 3.63) is 0 Å². The Labute approximate surface area is 82.6 Å². The molecule has 82 valence electrons. The van der Waals surface area contributed by atoms with Crippen molar-refractivity contribution >= 4 is 12.2 Å². The van der Waals surface area contributed by atoms with Gasteiger partial charge in [0, 0.05) is 13.1 Å². The van der Waals surface area contributed by atoms with Gasteiger partial charge in [-0.15, -0.1) is 0 Å². The van der Waals surface area contributed by atoms with Gasteiger partial charge in [0.25, 0.3) is 0 Å². The van der Waals surface area contributed by atoms with Crippen molar-refractivity contribution < 1.29 is 19.4 Å². The zero-order chi connectivity index (χ0) is 10.8. The lowest BCUT2D eigenvalue weighted by Crippen LogP contribution is -2.29. The molecule has 0 bridgehead atoms. The minimum Gasteiger partial charge on any atom is -0.465 e. The molecule has 0 rings (SSSR count). The molecule has 0 saturated heterocycles. The van der Waals surface area contributed by atoms with E-state index in [1.165, 1.54) is 0 Å². The Balaban J connectivity index is 3.19. The molecule has 0 aromatic heterocycles. The number of hydrogen-bond acceptors (Lipinski definition) is 3. The van der Waals surface area contributed by atoms with Crippen LogP contribution in [0.5, 0.6) is 0 Å². The van der Waals surface area contributed by atoms with E-state index in [1.807, 2.05) is 6.92 Å². The van der Waals surface area contributed by atoms with E-state index in [0.717, 1.165) is 6.42 Å². The van der Waals surface area contributed by atoms with Crippen LogP contribution in [0.2, 0.25) is 0 Å². The highest BCUT2D eigenvalue weighted by molar-refractivity contribution is 5.67. The van der Waals surface area contributed by atoms with Crippen molar-refractivity contribution in [1.29, 1.82) is 0 Å². The number of rotatable bonds is 6. The lowest BCUT2D eigenvalue weighted by molar-refractivity contribution is 0.146. The molecule has 0 aromatic carbocycles. The van der Waals surface area contributed by atoms with Gasteiger partial charge >= 0.3 is 12.2 Å². The van der Waals surface area contributed by atoms with Gasteiger partial charge in [-0.25, -0.2) is 9.59 Å². The van der Waals surface area contributed by atoms with Crippen LogP contribution in [0, 0.1) is 0 Å². The number of amides is 2. The lowest BCUT2D eigenvalue weighted by Gasteiger charge is -2.05. The van der Waals surface area contributed by atoms with Crippen molar-refractivity contribution in [2.24, 2.45) is 0 Å². The number of ether oxygens (including phenoxy) is 1. The molecular weight excluding hydrogens is 188 g/mol. The van der Waals surface area contributed by atoms with Crippen LogP contribution >= 0.6 is 0 Å². The molecule has 6 heteroatoms. The van der Waals surface area contributed by atoms with E-state index in [2.05, 4.69) is 10.6 Å². The minimum absolute atomic E-state index is 0.323. The van der Waals surface area contributed by atoms with Crippen molar-refractivity contribution in [2.45, 2.75) is 19.8 Å². The Morgan fingerprint density at radius 1 is 1.29 bits per heavy atom. The van der Waals surface area contributed by atoms with E-state index in [1.54, 1.807) is 0 Å². The fraction of sp³-hybridized carbons (Fsp3) is 0.750. The standard InChI is InChI=1S/C8H16N2O4/c1-2-6-14-8(13)10-5-3-4-9-7(11)12/h9H,2-6H2,1H3,(H,10,13)(H,11,12). The number of carbonyl (C=O) groups excluding carboxylic acids is 1. The molecule has 3 N–H and O–H groups in total. The van der Waals surface area contributed by atoms with E-state index in [9.17, 15) is 9.59 Å². The van der Waals surface area contributed by atoms with Gasteiger partial charge in [0.2, 0.25) is 0 Å². The molecule has 0 aliphatic carbocycles. The molecule has 0 aromatic rings. The SMILES string of the molecule is CCCOC(=O)NCCCNC(=O)O. The van der Waals surface area contributed by atoms with E-state index in [4.69, 9.17) is 9.84 Å². The summed E-state index contributed by atoms with van der Waals surface area (Å²) in [7, 11) is 0. The summed E-state index contributed by atoms with van der Waals surface area (Å²) >= 11 is 0. The first-order valence-electron chi connectivity index (χ1n) is 4.54. The van der Waals surface area contributed by atoms with Crippen molar-refractivity contribution in [2.75, 3.05) is 19.7 Å². The summed E-state index contributed by atoms with van der Waals surface area (Å²) in [5.41, 5.74) is 0. The van der Waals surface area contributed by atoms with Gasteiger partial charge in [0.1, 0.15) is 0 Å². The first-order chi connectivity index (χ1) is 6.66. The van der Waals surface area contributed by atoms with Gasteiger partial charge < -0.3 is 20.5 Å². The fourth-order valence-corrected chi connectivity index (χ4v) is 0.720. The van der Waals surface area contributed by atoms with Crippen LogP contribution in [-0.2, 0) is 4.74 Å². The van der Waals surface area contributed by atoms with Gasteiger partial charge in [-0.05, 0) is 12.8 Å². The van der Waals surface area contributed by atoms with E-state index < -0.39 is 12.2 Å². The molecule has 6 nitrogen and oxygen atoms in total. The van der Waals surface area contributed by atoms with Gasteiger partial charge in [-0.1, -0.05) is 6.92 Å². The average Bonchev–Trinajstić information content (AvgIpc) is 2.13. The highest BCUT2D eigenvalue weighted by Crippen LogP contribution is 1.82. The summed E-state index contributed by atoms with van der Waals surface area (Å²) in [4.78, 5) is 20.8. The molecule has 2 amide bonds. The van der Waals surface area contributed by atoms with Crippen LogP contribution < -0.4 is 10.6 Å². The molecule has 0 spiro atoms. The van der Waals surface area contributed by atoms with E-state index >= 15 is 0 Å². The van der Waals surface area contributed by atoms with Crippen LogP contribution in [0.25, 0.3) is 0 Å². The van der Waals surface area contributed by atoms with Crippen LogP contribution in [0.15, 0.2) is 0 Å². The molecule has 0 heterocycles. The molecule has 0 radical (unpaired) electrons. The number of carbonyl (C=O) groups is 2. The maximum absolute atomic E-state index is 10.8. The zero-order valence-corrected chi connectivity index (χ0v) is 8.21. The van der Waals surface area contributed by atoms with Gasteiger partial charge in [0.05, 0.1) is 6.61 Å². The Morgan fingerprint density at radius 3 is 2.50 bits per heavy atom. The molecule has 0 aliphatic heterocycles. The normalized spacial score (nSPS) is 9.21. The summed E-state index contributed by atoms with van der Waals surface area (Å²) in [6, 6.07) is 0. The summed E-state index contributed by atoms with van der Waals surface area (Å²) in [6.07, 6.45) is -0.178. The first-order valence-corrected chi connectivity index (χ1v) is 4.54. The summed E-state index contributed by atoms with van der Waals surface area (Å²) in [6.45, 7) is 3.04. The first kappa shape index (κ1) is 12.5. The monoisotopic (exact) mass is 204 g/mol. The molecule has 0 saturated carbocycles. The zero-order valence-electron chi connectivity index (χ0n) is 8.21. The number of nitrogens with one attached hydrogen (secondary N) is 2. The third kappa shape index (κ3) is 8.63. The van der Waals surface area contributed by atoms with Crippen LogP contribution in [0.4, 0.5) is 9.59 Å². The maximum Gasteiger partial charge on any atom is 0.407 e. The van der Waals surface area contributed by atoms with Gasteiger partial charge in [-0.3, -0.25) is 0 Å². The van der Waals surface area contributed by atoms with Gasteiger partial charge in [0.15, 0.2) is 0 Å². The van der Waals surface area contributed by atoms with Crippen LogP contribution in [0.3, 0.4) is 0 Å². The van der Waals surface area contributed by atoms with Crippen molar-refractivity contribution in [3.63, 3.8) is 0 Å². The molecule has 0 aliphatic rings. The Kier molecular flexibility index (Phi) is 7.30. The number of hydrogen-bond donors (Lipinski definition) is 3.